The van der Waals surface area contributed by atoms with Crippen molar-refractivity contribution >= 4 is 5.97 Å². The van der Waals surface area contributed by atoms with Crippen LogP contribution in [0.15, 0.2) is 60.7 Å². The lowest BCUT2D eigenvalue weighted by molar-refractivity contribution is -0.386. The van der Waals surface area contributed by atoms with Gasteiger partial charge in [0.05, 0.1) is 0 Å². The second-order valence-electron chi connectivity index (χ2n) is 7.16. The van der Waals surface area contributed by atoms with Gasteiger partial charge in [-0.15, -0.1) is 0 Å². The Bertz CT molecular complexity index is 849. The van der Waals surface area contributed by atoms with Crippen LogP contribution in [0.3, 0.4) is 0 Å². The first-order chi connectivity index (χ1) is 14.1. The monoisotopic (exact) mass is 424 g/mol. The zero-order valence-corrected chi connectivity index (χ0v) is 15.8. The quantitative estimate of drug-likeness (QED) is 0.507. The zero-order valence-electron chi connectivity index (χ0n) is 15.8. The highest BCUT2D eigenvalue weighted by atomic mass is 19.3. The fourth-order valence-corrected chi connectivity index (χ4v) is 3.26. The average molecular weight is 424 g/mol. The van der Waals surface area contributed by atoms with Crippen LogP contribution in [0, 0.1) is 0 Å². The molecule has 0 spiro atoms. The molecule has 1 saturated heterocycles. The number of rotatable bonds is 6. The average Bonchev–Trinajstić information content (AvgIpc) is 2.72. The van der Waals surface area contributed by atoms with E-state index in [1.54, 1.807) is 36.4 Å². The molecule has 0 aliphatic carbocycles. The van der Waals surface area contributed by atoms with Crippen LogP contribution < -0.4 is 0 Å². The lowest BCUT2D eigenvalue weighted by atomic mass is 9.90. The number of benzene rings is 2. The highest BCUT2D eigenvalue weighted by Gasteiger charge is 2.58. The molecule has 9 heteroatoms. The van der Waals surface area contributed by atoms with Gasteiger partial charge in [0.15, 0.2) is 6.29 Å². The molecule has 1 fully saturated rings. The highest BCUT2D eigenvalue weighted by molar-refractivity contribution is 5.78. The van der Waals surface area contributed by atoms with Gasteiger partial charge in [0.2, 0.25) is 5.79 Å². The van der Waals surface area contributed by atoms with E-state index in [0.29, 0.717) is 5.56 Å². The van der Waals surface area contributed by atoms with Crippen LogP contribution >= 0.6 is 0 Å². The summed E-state index contributed by atoms with van der Waals surface area (Å²) in [6.45, 7) is 0. The summed E-state index contributed by atoms with van der Waals surface area (Å²) in [6.07, 6.45) is -9.53. The summed E-state index contributed by atoms with van der Waals surface area (Å²) in [5.74, 6) is -8.53. The fourth-order valence-electron chi connectivity index (χ4n) is 3.26. The van der Waals surface area contributed by atoms with Crippen molar-refractivity contribution in [3.05, 3.63) is 71.8 Å². The molecule has 2 aromatic carbocycles. The summed E-state index contributed by atoms with van der Waals surface area (Å²) in [4.78, 5) is 12.4. The molecule has 3 rings (SSSR count). The number of ether oxygens (including phenoxy) is 2. The van der Waals surface area contributed by atoms with E-state index in [-0.39, 0.29) is 5.56 Å². The predicted octanol–water partition coefficient (Wildman–Crippen LogP) is 0.778. The number of aliphatic hydroxyl groups is 4. The normalized spacial score (nSPS) is 29.4. The molecule has 1 heterocycles. The fraction of sp³-hybridized carbons (Fsp3) is 0.381. The van der Waals surface area contributed by atoms with Gasteiger partial charge >= 0.3 is 11.9 Å². The van der Waals surface area contributed by atoms with Gasteiger partial charge in [-0.1, -0.05) is 60.7 Å². The Kier molecular flexibility index (Phi) is 6.49. The molecular formula is C21H22F2O7. The summed E-state index contributed by atoms with van der Waals surface area (Å²) in [5, 5.41) is 40.2. The third kappa shape index (κ3) is 4.66. The van der Waals surface area contributed by atoms with Gasteiger partial charge in [0.1, 0.15) is 18.3 Å². The summed E-state index contributed by atoms with van der Waals surface area (Å²) in [7, 11) is 0. The zero-order chi connectivity index (χ0) is 21.9. The van der Waals surface area contributed by atoms with Crippen molar-refractivity contribution in [2.45, 2.75) is 49.2 Å². The van der Waals surface area contributed by atoms with Crippen LogP contribution in [0.4, 0.5) is 8.78 Å². The lowest BCUT2D eigenvalue weighted by Crippen LogP contribution is -2.67. The molecule has 30 heavy (non-hydrogen) atoms. The van der Waals surface area contributed by atoms with E-state index in [0.717, 1.165) is 0 Å². The van der Waals surface area contributed by atoms with E-state index in [4.69, 9.17) is 9.47 Å². The van der Waals surface area contributed by atoms with Crippen LogP contribution in [0.1, 0.15) is 11.1 Å². The van der Waals surface area contributed by atoms with Gasteiger partial charge in [-0.25, -0.2) is 4.79 Å². The topological polar surface area (TPSA) is 116 Å². The van der Waals surface area contributed by atoms with Crippen molar-refractivity contribution in [1.29, 1.82) is 0 Å². The second kappa shape index (κ2) is 8.75. The van der Waals surface area contributed by atoms with Gasteiger partial charge in [0.25, 0.3) is 0 Å². The van der Waals surface area contributed by atoms with E-state index in [1.807, 2.05) is 0 Å². The summed E-state index contributed by atoms with van der Waals surface area (Å²) < 4.78 is 39.2. The Balaban J connectivity index is 1.89. The Labute approximate surface area is 171 Å². The maximum absolute atomic E-state index is 14.6. The molecule has 0 amide bonds. The maximum atomic E-state index is 14.6. The third-order valence-electron chi connectivity index (χ3n) is 4.86. The minimum absolute atomic E-state index is 0.178. The Morgan fingerprint density at radius 1 is 0.933 bits per heavy atom. The number of carbonyl (C=O) groups is 1. The smallest absolute Gasteiger partial charge is 0.379 e. The van der Waals surface area contributed by atoms with Gasteiger partial charge in [-0.05, 0) is 11.1 Å². The van der Waals surface area contributed by atoms with Gasteiger partial charge in [-0.3, -0.25) is 0 Å². The van der Waals surface area contributed by atoms with E-state index in [2.05, 4.69) is 0 Å². The molecule has 2 aromatic rings. The number of esters is 1. The Morgan fingerprint density at radius 2 is 1.47 bits per heavy atom. The van der Waals surface area contributed by atoms with Gasteiger partial charge in [-0.2, -0.15) is 8.78 Å². The first kappa shape index (κ1) is 22.3. The van der Waals surface area contributed by atoms with Crippen LogP contribution in [0.25, 0.3) is 0 Å². The Hall–Kier alpha value is -2.43. The van der Waals surface area contributed by atoms with E-state index >= 15 is 0 Å². The van der Waals surface area contributed by atoms with E-state index < -0.39 is 55.1 Å². The minimum atomic E-state index is -3.99. The van der Waals surface area contributed by atoms with Crippen molar-refractivity contribution in [2.75, 3.05) is 0 Å². The van der Waals surface area contributed by atoms with Crippen LogP contribution in [-0.2, 0) is 27.1 Å². The Morgan fingerprint density at radius 3 is 2.03 bits per heavy atom. The van der Waals surface area contributed by atoms with Crippen LogP contribution in [-0.4, -0.2) is 62.7 Å². The SMILES string of the molecule is O=C(OC1(Cc2ccccc2)O[C@@H](O)[C@H](O)[C@H](O)[C@@H]1O)C(F)(F)Cc1ccccc1. The largest absolute Gasteiger partial charge is 0.425 e. The first-order valence-electron chi connectivity index (χ1n) is 9.24. The number of carbonyl (C=O) groups excluding carboxylic acids is 1. The standard InChI is InChI=1S/C21H22F2O7/c22-20(23,11-13-7-3-1-4-8-13)19(28)30-21(12-14-9-5-2-6-10-14)17(26)15(24)16(25)18(27)29-21/h1-10,15-18,24-27H,11-12H2/t15-,16+,17-,18+,21?/m0/s1. The lowest BCUT2D eigenvalue weighted by Gasteiger charge is -2.46. The number of halogens is 2. The predicted molar refractivity (Wildman–Crippen MR) is 99.2 cm³/mol. The van der Waals surface area contributed by atoms with E-state index in [1.165, 1.54) is 24.3 Å². The third-order valence-corrected chi connectivity index (χ3v) is 4.86. The minimum Gasteiger partial charge on any atom is -0.425 e. The molecule has 1 unspecified atom stereocenters. The summed E-state index contributed by atoms with van der Waals surface area (Å²) in [5.41, 5.74) is 0.587. The number of alkyl halides is 2. The summed E-state index contributed by atoms with van der Waals surface area (Å²) >= 11 is 0. The summed E-state index contributed by atoms with van der Waals surface area (Å²) in [6, 6.07) is 15.6. The van der Waals surface area contributed by atoms with E-state index in [9.17, 15) is 34.0 Å². The molecule has 1 aliphatic heterocycles. The number of hydrogen-bond acceptors (Lipinski definition) is 7. The van der Waals surface area contributed by atoms with Crippen molar-refractivity contribution in [1.82, 2.24) is 0 Å². The van der Waals surface area contributed by atoms with Crippen molar-refractivity contribution < 1.29 is 43.5 Å². The molecule has 1 aliphatic rings. The highest BCUT2D eigenvalue weighted by Crippen LogP contribution is 2.36. The van der Waals surface area contributed by atoms with Crippen molar-refractivity contribution in [3.8, 4) is 0 Å². The number of aliphatic hydroxyl groups excluding tert-OH is 4. The maximum Gasteiger partial charge on any atom is 0.379 e. The molecule has 0 saturated carbocycles. The molecule has 162 valence electrons. The molecular weight excluding hydrogens is 402 g/mol. The molecule has 0 aromatic heterocycles. The molecule has 0 radical (unpaired) electrons. The van der Waals surface area contributed by atoms with Crippen molar-refractivity contribution in [3.63, 3.8) is 0 Å². The van der Waals surface area contributed by atoms with Gasteiger partial charge < -0.3 is 29.9 Å². The molecule has 7 nitrogen and oxygen atoms in total. The van der Waals surface area contributed by atoms with Gasteiger partial charge in [0, 0.05) is 12.8 Å². The second-order valence-corrected chi connectivity index (χ2v) is 7.16. The molecule has 4 N–H and O–H groups in total. The first-order valence-corrected chi connectivity index (χ1v) is 9.24. The number of hydrogen-bond donors (Lipinski definition) is 4. The molecule has 0 bridgehead atoms. The van der Waals surface area contributed by atoms with Crippen molar-refractivity contribution in [2.24, 2.45) is 0 Å². The van der Waals surface area contributed by atoms with Crippen LogP contribution in [0.2, 0.25) is 0 Å². The molecule has 5 atom stereocenters. The van der Waals surface area contributed by atoms with Crippen LogP contribution in [0.5, 0.6) is 0 Å².